The van der Waals surface area contributed by atoms with Crippen molar-refractivity contribution in [1.29, 1.82) is 0 Å². The molecular formula is C48H38N2O6. The molecule has 0 saturated heterocycles. The number of para-hydroxylation sites is 2. The highest BCUT2D eigenvalue weighted by Gasteiger charge is 2.54. The molecule has 0 bridgehead atoms. The molecule has 8 aromatic carbocycles. The van der Waals surface area contributed by atoms with Crippen LogP contribution >= 0.6 is 0 Å². The minimum atomic E-state index is -1.37. The molecule has 0 spiro atoms. The van der Waals surface area contributed by atoms with E-state index in [1.165, 1.54) is 24.3 Å². The maximum absolute atomic E-state index is 11.6. The molecule has 0 amide bonds. The predicted octanol–water partition coefficient (Wildman–Crippen LogP) is 10.4. The first-order chi connectivity index (χ1) is 27.3. The predicted molar refractivity (Wildman–Crippen MR) is 221 cm³/mol. The maximum atomic E-state index is 11.6. The lowest BCUT2D eigenvalue weighted by atomic mass is 9.62. The fourth-order valence-corrected chi connectivity index (χ4v) is 8.23. The molecule has 8 heteroatoms. The Morgan fingerprint density at radius 2 is 0.625 bits per heavy atom. The summed E-state index contributed by atoms with van der Waals surface area (Å²) in [6.07, 6.45) is -2.74. The third-order valence-electron chi connectivity index (χ3n) is 10.9. The normalized spacial score (nSPS) is 17.8. The lowest BCUT2D eigenvalue weighted by molar-refractivity contribution is -0.0810. The molecule has 1 fully saturated rings. The smallest absolute Gasteiger partial charge is 0.125 e. The van der Waals surface area contributed by atoms with Crippen LogP contribution in [0.4, 0.5) is 34.1 Å². The van der Waals surface area contributed by atoms with E-state index in [0.717, 1.165) is 44.3 Å². The van der Waals surface area contributed by atoms with E-state index < -0.39 is 24.0 Å². The Kier molecular flexibility index (Phi) is 8.69. The molecule has 0 radical (unpaired) electrons. The lowest BCUT2D eigenvalue weighted by Crippen LogP contribution is -2.51. The number of hydrogen-bond acceptors (Lipinski definition) is 8. The van der Waals surface area contributed by atoms with Crippen molar-refractivity contribution < 1.29 is 30.6 Å². The lowest BCUT2D eigenvalue weighted by Gasteiger charge is -2.47. The molecule has 1 saturated carbocycles. The molecule has 0 aliphatic heterocycles. The van der Waals surface area contributed by atoms with E-state index in [9.17, 15) is 30.6 Å². The molecule has 0 atom stereocenters. The van der Waals surface area contributed by atoms with Crippen LogP contribution < -0.4 is 9.80 Å². The van der Waals surface area contributed by atoms with Crippen molar-refractivity contribution >= 4 is 55.7 Å². The minimum absolute atomic E-state index is 0.0290. The Morgan fingerprint density at radius 3 is 0.982 bits per heavy atom. The van der Waals surface area contributed by atoms with Crippen molar-refractivity contribution in [2.45, 2.75) is 24.0 Å². The third-order valence-corrected chi connectivity index (χ3v) is 10.9. The molecule has 9 rings (SSSR count). The van der Waals surface area contributed by atoms with Gasteiger partial charge in [-0.1, -0.05) is 97.1 Å². The Hall–Kier alpha value is -7.00. The van der Waals surface area contributed by atoms with Crippen molar-refractivity contribution in [1.82, 2.24) is 0 Å². The summed E-state index contributed by atoms with van der Waals surface area (Å²) in [4.78, 5) is 3.81. The first-order valence-corrected chi connectivity index (χ1v) is 18.4. The second-order valence-electron chi connectivity index (χ2n) is 14.2. The summed E-state index contributed by atoms with van der Waals surface area (Å²) in [7, 11) is 0. The molecular weight excluding hydrogens is 701 g/mol. The molecule has 0 heterocycles. The van der Waals surface area contributed by atoms with E-state index in [4.69, 9.17) is 0 Å². The van der Waals surface area contributed by atoms with Crippen LogP contribution in [0.25, 0.3) is 21.5 Å². The standard InChI is InChI=1S/C48H38N2O6/c51-39-25-37(49(33-15-3-1-4-16-33)35-21-19-29-11-7-9-13-31(29)23-35)26-40(52)43(39)45-47(55)46(48(45)56)44-41(53)27-38(28-42(44)54)50(34-17-5-2-6-18-34)36-22-20-30-12-8-10-14-32(30)24-36/h1-28,45-48,51-56H. The van der Waals surface area contributed by atoms with Gasteiger partial charge in [0, 0.05) is 70.0 Å². The molecule has 6 N–H and O–H groups in total. The Morgan fingerprint density at radius 1 is 0.304 bits per heavy atom. The Bertz CT molecular complexity index is 2480. The van der Waals surface area contributed by atoms with Gasteiger partial charge in [0.1, 0.15) is 23.0 Å². The minimum Gasteiger partial charge on any atom is -0.507 e. The number of anilines is 6. The van der Waals surface area contributed by atoms with Crippen LogP contribution in [0, 0.1) is 0 Å². The number of benzene rings is 8. The summed E-state index contributed by atoms with van der Waals surface area (Å²) in [5.41, 5.74) is 4.04. The van der Waals surface area contributed by atoms with Gasteiger partial charge in [-0.25, -0.2) is 0 Å². The van der Waals surface area contributed by atoms with Crippen LogP contribution in [0.3, 0.4) is 0 Å². The van der Waals surface area contributed by atoms with Crippen LogP contribution in [-0.4, -0.2) is 42.8 Å². The van der Waals surface area contributed by atoms with Gasteiger partial charge in [0.05, 0.1) is 23.6 Å². The number of phenolic OH excluding ortho intramolecular Hbond substituents is 4. The summed E-state index contributed by atoms with van der Waals surface area (Å²) >= 11 is 0. The highest BCUT2D eigenvalue weighted by molar-refractivity contribution is 5.91. The summed E-state index contributed by atoms with van der Waals surface area (Å²) in [5.74, 6) is -3.50. The number of hydrogen-bond donors (Lipinski definition) is 6. The molecule has 8 nitrogen and oxygen atoms in total. The van der Waals surface area contributed by atoms with E-state index in [1.807, 2.05) is 155 Å². The molecule has 1 aliphatic rings. The van der Waals surface area contributed by atoms with Gasteiger partial charge in [-0.05, 0) is 70.1 Å². The Labute approximate surface area is 323 Å². The topological polar surface area (TPSA) is 128 Å². The van der Waals surface area contributed by atoms with Crippen LogP contribution in [-0.2, 0) is 0 Å². The average Bonchev–Trinajstić information content (AvgIpc) is 3.21. The Balaban J connectivity index is 1.04. The van der Waals surface area contributed by atoms with Gasteiger partial charge in [-0.3, -0.25) is 0 Å². The molecule has 8 aromatic rings. The first kappa shape index (κ1) is 34.7. The van der Waals surface area contributed by atoms with E-state index in [1.54, 1.807) is 0 Å². The zero-order chi connectivity index (χ0) is 38.5. The highest BCUT2D eigenvalue weighted by Crippen LogP contribution is 2.57. The van der Waals surface area contributed by atoms with E-state index in [0.29, 0.717) is 11.4 Å². The SMILES string of the molecule is Oc1cc(N(c2ccccc2)c2ccc3ccccc3c2)cc(O)c1C1C(O)C(c2c(O)cc(N(c3ccccc3)c3ccc4ccccc4c3)cc2O)C1O. The van der Waals surface area contributed by atoms with E-state index >= 15 is 0 Å². The highest BCUT2D eigenvalue weighted by atomic mass is 16.3. The largest absolute Gasteiger partial charge is 0.507 e. The molecule has 56 heavy (non-hydrogen) atoms. The fourth-order valence-electron chi connectivity index (χ4n) is 8.23. The summed E-state index contributed by atoms with van der Waals surface area (Å²) in [6.45, 7) is 0. The molecule has 276 valence electrons. The third kappa shape index (κ3) is 5.98. The first-order valence-electron chi connectivity index (χ1n) is 18.4. The van der Waals surface area contributed by atoms with Gasteiger partial charge in [-0.2, -0.15) is 0 Å². The van der Waals surface area contributed by atoms with Crippen LogP contribution in [0.15, 0.2) is 170 Å². The zero-order valence-electron chi connectivity index (χ0n) is 30.1. The molecule has 0 unspecified atom stereocenters. The van der Waals surface area contributed by atoms with Gasteiger partial charge in [0.15, 0.2) is 0 Å². The van der Waals surface area contributed by atoms with Crippen molar-refractivity contribution in [2.75, 3.05) is 9.80 Å². The number of rotatable bonds is 8. The second kappa shape index (κ2) is 14.0. The number of aromatic hydroxyl groups is 4. The fraction of sp³-hybridized carbons (Fsp3) is 0.0833. The summed E-state index contributed by atoms with van der Waals surface area (Å²) < 4.78 is 0. The number of aliphatic hydroxyl groups is 2. The van der Waals surface area contributed by atoms with E-state index in [-0.39, 0.29) is 34.1 Å². The van der Waals surface area contributed by atoms with Crippen molar-refractivity contribution in [3.05, 3.63) is 181 Å². The number of nitrogens with zero attached hydrogens (tertiary/aromatic N) is 2. The van der Waals surface area contributed by atoms with E-state index in [2.05, 4.69) is 0 Å². The van der Waals surface area contributed by atoms with Gasteiger partial charge < -0.3 is 40.4 Å². The van der Waals surface area contributed by atoms with Crippen LogP contribution in [0.5, 0.6) is 23.0 Å². The van der Waals surface area contributed by atoms with Crippen LogP contribution in [0.2, 0.25) is 0 Å². The van der Waals surface area contributed by atoms with Crippen molar-refractivity contribution in [3.8, 4) is 23.0 Å². The molecule has 0 aromatic heterocycles. The van der Waals surface area contributed by atoms with Crippen molar-refractivity contribution in [2.24, 2.45) is 0 Å². The molecule has 1 aliphatic carbocycles. The summed E-state index contributed by atoms with van der Waals surface area (Å²) in [6, 6.07) is 53.1. The average molecular weight is 739 g/mol. The number of aliphatic hydroxyl groups excluding tert-OH is 2. The number of fused-ring (bicyclic) bond motifs is 2. The van der Waals surface area contributed by atoms with Gasteiger partial charge in [0.2, 0.25) is 0 Å². The number of phenols is 4. The van der Waals surface area contributed by atoms with Gasteiger partial charge in [-0.15, -0.1) is 0 Å². The summed E-state index contributed by atoms with van der Waals surface area (Å²) in [5, 5.41) is 73.3. The van der Waals surface area contributed by atoms with Gasteiger partial charge >= 0.3 is 0 Å². The van der Waals surface area contributed by atoms with Crippen LogP contribution in [0.1, 0.15) is 23.0 Å². The second-order valence-corrected chi connectivity index (χ2v) is 14.2. The maximum Gasteiger partial charge on any atom is 0.125 e. The monoisotopic (exact) mass is 738 g/mol. The quantitative estimate of drug-likeness (QED) is 0.0909. The van der Waals surface area contributed by atoms with Crippen molar-refractivity contribution in [3.63, 3.8) is 0 Å². The zero-order valence-corrected chi connectivity index (χ0v) is 30.1. The van der Waals surface area contributed by atoms with Gasteiger partial charge in [0.25, 0.3) is 0 Å².